The van der Waals surface area contributed by atoms with Gasteiger partial charge in [0, 0.05) is 36.0 Å². The lowest BCUT2D eigenvalue weighted by molar-refractivity contribution is -0.176. The van der Waals surface area contributed by atoms with Crippen molar-refractivity contribution in [2.75, 3.05) is 0 Å². The number of esters is 1. The number of ketones is 3. The van der Waals surface area contributed by atoms with Gasteiger partial charge in [-0.1, -0.05) is 43.7 Å². The molecule has 0 spiro atoms. The lowest BCUT2D eigenvalue weighted by Gasteiger charge is -2.59. The highest BCUT2D eigenvalue weighted by molar-refractivity contribution is 6.01. The van der Waals surface area contributed by atoms with E-state index in [-0.39, 0.29) is 65.7 Å². The van der Waals surface area contributed by atoms with Crippen molar-refractivity contribution in [2.45, 2.75) is 116 Å². The van der Waals surface area contributed by atoms with E-state index < -0.39 is 34.1 Å². The molecule has 2 aromatic rings. The first-order chi connectivity index (χ1) is 24.9. The Morgan fingerprint density at radius 2 is 1.75 bits per heavy atom. The van der Waals surface area contributed by atoms with Gasteiger partial charge in [0.1, 0.15) is 28.3 Å². The molecule has 2 aromatic carbocycles. The Morgan fingerprint density at radius 1 is 1.00 bits per heavy atom. The fourth-order valence-corrected chi connectivity index (χ4v) is 9.85. The van der Waals surface area contributed by atoms with Crippen molar-refractivity contribution in [3.8, 4) is 5.75 Å². The number of aliphatic hydroxyl groups is 2. The van der Waals surface area contributed by atoms with Gasteiger partial charge in [-0.3, -0.25) is 14.4 Å². The van der Waals surface area contributed by atoms with E-state index in [4.69, 9.17) is 4.74 Å². The van der Waals surface area contributed by atoms with Crippen LogP contribution in [0.3, 0.4) is 0 Å². The van der Waals surface area contributed by atoms with Crippen LogP contribution in [0.1, 0.15) is 108 Å². The van der Waals surface area contributed by atoms with E-state index in [2.05, 4.69) is 17.2 Å². The largest absolute Gasteiger partial charge is 0.507 e. The summed E-state index contributed by atoms with van der Waals surface area (Å²) in [5.74, 6) is -1.01. The highest BCUT2D eigenvalue weighted by Crippen LogP contribution is 2.67. The van der Waals surface area contributed by atoms with Crippen LogP contribution in [0, 0.1) is 28.6 Å². The first-order valence-electron chi connectivity index (χ1n) is 18.9. The summed E-state index contributed by atoms with van der Waals surface area (Å²) in [4.78, 5) is 51.5. The summed E-state index contributed by atoms with van der Waals surface area (Å²) in [5, 5.41) is 42.5. The van der Waals surface area contributed by atoms with Crippen molar-refractivity contribution in [3.63, 3.8) is 0 Å². The molecule has 53 heavy (non-hydrogen) atoms. The van der Waals surface area contributed by atoms with Crippen LogP contribution < -0.4 is 0 Å². The molecule has 0 amide bonds. The van der Waals surface area contributed by atoms with Gasteiger partial charge in [-0.25, -0.2) is 4.79 Å². The minimum atomic E-state index is -1.56. The average molecular weight is 725 g/mol. The standard InChI is InChI=1S/C43H52N2O8/c1-40(2,3)53-39(51)32-24-28(15-18-35(32)48)44-45-34-11-7-6-9-26(34)13-16-29(46)10-8-12-37(50)43(52)22-20-33-31-17-14-27-23-30(47)19-21-41(27,4)38(31)36(49)25-42(33,43)5/h6-7,9,11,15,18-19,21,23-24,31,33,36,38,48-49,52H,8,10,12-14,16-17,20,22,25H2,1-5H3/b45-44+. The van der Waals surface area contributed by atoms with E-state index in [0.29, 0.717) is 43.5 Å². The summed E-state index contributed by atoms with van der Waals surface area (Å²) in [6.45, 7) is 9.30. The third-order valence-electron chi connectivity index (χ3n) is 12.5. The van der Waals surface area contributed by atoms with Gasteiger partial charge in [0.2, 0.25) is 0 Å². The SMILES string of the molecule is CC(C)(C)OC(=O)c1cc(/N=N/c2ccccc2CCC(=O)CCCC(=O)C2(O)CCC3C4CCC5=CC(=O)C=CC5(C)C4C(O)CC32C)ccc1O. The highest BCUT2D eigenvalue weighted by Gasteiger charge is 2.67. The zero-order chi connectivity index (χ0) is 38.3. The van der Waals surface area contributed by atoms with Gasteiger partial charge in [-0.15, -0.1) is 0 Å². The normalized spacial score (nSPS) is 30.7. The Morgan fingerprint density at radius 3 is 2.51 bits per heavy atom. The lowest BCUT2D eigenvalue weighted by Crippen LogP contribution is -2.61. The zero-order valence-electron chi connectivity index (χ0n) is 31.4. The summed E-state index contributed by atoms with van der Waals surface area (Å²) < 4.78 is 5.38. The first kappa shape index (κ1) is 38.4. The number of rotatable bonds is 11. The van der Waals surface area contributed by atoms with Gasteiger partial charge in [0.25, 0.3) is 0 Å². The number of aromatic hydroxyl groups is 1. The number of azo groups is 1. The molecule has 0 aliphatic heterocycles. The first-order valence-corrected chi connectivity index (χ1v) is 18.9. The molecule has 4 aliphatic carbocycles. The predicted octanol–water partition coefficient (Wildman–Crippen LogP) is 8.01. The fourth-order valence-electron chi connectivity index (χ4n) is 9.85. The maximum Gasteiger partial charge on any atom is 0.342 e. The lowest BCUT2D eigenvalue weighted by atomic mass is 9.46. The molecule has 3 saturated carbocycles. The average Bonchev–Trinajstić information content (AvgIpc) is 3.37. The van der Waals surface area contributed by atoms with Crippen LogP contribution in [0.15, 0.2) is 76.5 Å². The molecule has 3 N–H and O–H groups in total. The molecule has 3 fully saturated rings. The van der Waals surface area contributed by atoms with Crippen LogP contribution in [0.5, 0.6) is 5.75 Å². The smallest absolute Gasteiger partial charge is 0.342 e. The number of hydrogen-bond acceptors (Lipinski definition) is 10. The number of ether oxygens (including phenoxy) is 1. The summed E-state index contributed by atoms with van der Waals surface area (Å²) >= 11 is 0. The summed E-state index contributed by atoms with van der Waals surface area (Å²) in [7, 11) is 0. The molecule has 4 aliphatic rings. The number of carbonyl (C=O) groups excluding carboxylic acids is 4. The highest BCUT2D eigenvalue weighted by atomic mass is 16.6. The number of aliphatic hydroxyl groups excluding tert-OH is 1. The van der Waals surface area contributed by atoms with E-state index in [9.17, 15) is 34.5 Å². The van der Waals surface area contributed by atoms with Crippen molar-refractivity contribution < 1.29 is 39.2 Å². The molecular formula is C43H52N2O8. The Bertz CT molecular complexity index is 1890. The Labute approximate surface area is 311 Å². The van der Waals surface area contributed by atoms with E-state index >= 15 is 0 Å². The number of fused-ring (bicyclic) bond motifs is 5. The second-order valence-electron chi connectivity index (χ2n) is 17.0. The summed E-state index contributed by atoms with van der Waals surface area (Å²) in [6, 6.07) is 11.6. The Kier molecular flexibility index (Phi) is 10.5. The maximum atomic E-state index is 13.8. The van der Waals surface area contributed by atoms with Gasteiger partial charge < -0.3 is 20.1 Å². The van der Waals surface area contributed by atoms with Crippen LogP contribution in [0.4, 0.5) is 11.4 Å². The molecule has 0 radical (unpaired) electrons. The van der Waals surface area contributed by atoms with Gasteiger partial charge in [-0.2, -0.15) is 10.2 Å². The third-order valence-corrected chi connectivity index (χ3v) is 12.5. The number of phenolic OH excluding ortho intramolecular Hbond substituents is 1. The minimum absolute atomic E-state index is 0.00170. The van der Waals surface area contributed by atoms with Crippen molar-refractivity contribution in [2.24, 2.45) is 38.8 Å². The van der Waals surface area contributed by atoms with Crippen molar-refractivity contribution in [1.29, 1.82) is 0 Å². The van der Waals surface area contributed by atoms with Crippen LogP contribution in [0.2, 0.25) is 0 Å². The van der Waals surface area contributed by atoms with E-state index in [1.165, 1.54) is 18.2 Å². The maximum absolute atomic E-state index is 13.8. The van der Waals surface area contributed by atoms with Gasteiger partial charge in [0.05, 0.1) is 17.5 Å². The monoisotopic (exact) mass is 724 g/mol. The van der Waals surface area contributed by atoms with E-state index in [1.54, 1.807) is 39.0 Å². The van der Waals surface area contributed by atoms with E-state index in [1.807, 2.05) is 31.2 Å². The summed E-state index contributed by atoms with van der Waals surface area (Å²) in [6.07, 6.45) is 8.84. The zero-order valence-corrected chi connectivity index (χ0v) is 31.4. The van der Waals surface area contributed by atoms with Gasteiger partial charge in [0.15, 0.2) is 11.6 Å². The molecule has 0 aromatic heterocycles. The van der Waals surface area contributed by atoms with Crippen LogP contribution in [-0.2, 0) is 25.5 Å². The molecule has 6 rings (SSSR count). The van der Waals surface area contributed by atoms with Gasteiger partial charge >= 0.3 is 5.97 Å². The molecule has 10 nitrogen and oxygen atoms in total. The number of phenols is 1. The van der Waals surface area contributed by atoms with E-state index in [0.717, 1.165) is 24.0 Å². The molecule has 7 unspecified atom stereocenters. The van der Waals surface area contributed by atoms with Crippen molar-refractivity contribution >= 4 is 34.7 Å². The van der Waals surface area contributed by atoms with Crippen LogP contribution in [-0.4, -0.2) is 55.9 Å². The molecule has 0 heterocycles. The van der Waals surface area contributed by atoms with Crippen molar-refractivity contribution in [1.82, 2.24) is 0 Å². The molecule has 0 saturated heterocycles. The van der Waals surface area contributed by atoms with Crippen LogP contribution in [0.25, 0.3) is 0 Å². The number of aryl methyl sites for hydroxylation is 1. The number of hydrogen-bond donors (Lipinski definition) is 3. The minimum Gasteiger partial charge on any atom is -0.507 e. The summed E-state index contributed by atoms with van der Waals surface area (Å²) in [5.41, 5.74) is -0.680. The van der Waals surface area contributed by atoms with Gasteiger partial charge in [-0.05, 0) is 120 Å². The quantitative estimate of drug-likeness (QED) is 0.155. The Hall–Kier alpha value is -4.28. The fraction of sp³-hybridized carbons (Fsp3) is 0.535. The van der Waals surface area contributed by atoms with Crippen molar-refractivity contribution in [3.05, 3.63) is 77.4 Å². The molecule has 7 atom stereocenters. The molecule has 282 valence electrons. The molecular weight excluding hydrogens is 672 g/mol. The number of carbonyl (C=O) groups is 4. The number of allylic oxidation sites excluding steroid dienone is 4. The third kappa shape index (κ3) is 7.45. The Balaban J connectivity index is 1.03. The number of Topliss-reactive ketones (excluding diaryl/α,β-unsaturated/α-hetero) is 2. The number of nitrogens with zero attached hydrogens (tertiary/aromatic N) is 2. The predicted molar refractivity (Wildman–Crippen MR) is 199 cm³/mol. The molecule has 10 heteroatoms. The molecule has 0 bridgehead atoms. The topological polar surface area (TPSA) is 163 Å². The second-order valence-corrected chi connectivity index (χ2v) is 17.0. The second kappa shape index (κ2) is 14.5. The number of benzene rings is 2. The van der Waals surface area contributed by atoms with Crippen LogP contribution >= 0.6 is 0 Å².